The summed E-state index contributed by atoms with van der Waals surface area (Å²) in [7, 11) is 0. The molecule has 5 heteroatoms. The quantitative estimate of drug-likeness (QED) is 0.821. The van der Waals surface area contributed by atoms with Gasteiger partial charge in [0.1, 0.15) is 17.1 Å². The number of benzene rings is 2. The lowest BCUT2D eigenvalue weighted by Crippen LogP contribution is -2.26. The summed E-state index contributed by atoms with van der Waals surface area (Å²) in [6, 6.07) is 14.8. The van der Waals surface area contributed by atoms with E-state index in [0.717, 1.165) is 10.5 Å². The molecule has 2 aliphatic rings. The Bertz CT molecular complexity index is 812. The zero-order chi connectivity index (χ0) is 14.4. The zero-order valence-electron chi connectivity index (χ0n) is 10.9. The SMILES string of the molecule is O=C1/C(=C/c2ccccc2)N=C2Sc3cccc(O)c3N12. The van der Waals surface area contributed by atoms with E-state index in [9.17, 15) is 9.90 Å². The first kappa shape index (κ1) is 12.2. The molecule has 102 valence electrons. The maximum atomic E-state index is 12.5. The van der Waals surface area contributed by atoms with Gasteiger partial charge in [0.25, 0.3) is 5.91 Å². The Balaban J connectivity index is 1.77. The summed E-state index contributed by atoms with van der Waals surface area (Å²) in [5, 5.41) is 10.6. The Morgan fingerprint density at radius 3 is 2.71 bits per heavy atom. The van der Waals surface area contributed by atoms with Crippen molar-refractivity contribution >= 4 is 34.6 Å². The fraction of sp³-hybridized carbons (Fsp3) is 0. The molecule has 0 saturated carbocycles. The molecule has 2 aliphatic heterocycles. The van der Waals surface area contributed by atoms with Gasteiger partial charge in [-0.1, -0.05) is 36.4 Å². The number of anilines is 1. The monoisotopic (exact) mass is 294 g/mol. The number of aromatic hydroxyl groups is 1. The van der Waals surface area contributed by atoms with Crippen LogP contribution in [-0.2, 0) is 4.79 Å². The standard InChI is InChI=1S/C16H10N2O2S/c19-12-7-4-8-13-14(12)18-15(20)11(17-16(18)21-13)9-10-5-2-1-3-6-10/h1-9,19H/b11-9-. The summed E-state index contributed by atoms with van der Waals surface area (Å²) in [4.78, 5) is 19.2. The van der Waals surface area contributed by atoms with Crippen molar-refractivity contribution in [3.05, 3.63) is 59.8 Å². The van der Waals surface area contributed by atoms with Gasteiger partial charge in [0.05, 0.1) is 0 Å². The lowest BCUT2D eigenvalue weighted by Gasteiger charge is -2.11. The Kier molecular flexibility index (Phi) is 2.62. The summed E-state index contributed by atoms with van der Waals surface area (Å²) in [6.07, 6.45) is 1.76. The molecule has 1 amide bonds. The Morgan fingerprint density at radius 1 is 1.10 bits per heavy atom. The predicted octanol–water partition coefficient (Wildman–Crippen LogP) is 3.24. The Hall–Kier alpha value is -2.53. The molecule has 2 aromatic carbocycles. The molecule has 0 aliphatic carbocycles. The highest BCUT2D eigenvalue weighted by Crippen LogP contribution is 2.48. The second-order valence-corrected chi connectivity index (χ2v) is 5.71. The molecule has 0 atom stereocenters. The number of phenols is 1. The van der Waals surface area contributed by atoms with E-state index in [-0.39, 0.29) is 11.7 Å². The molecule has 2 heterocycles. The van der Waals surface area contributed by atoms with Crippen LogP contribution in [0, 0.1) is 0 Å². The minimum absolute atomic E-state index is 0.0968. The number of rotatable bonds is 1. The van der Waals surface area contributed by atoms with Gasteiger partial charge >= 0.3 is 0 Å². The second-order valence-electron chi connectivity index (χ2n) is 4.70. The molecule has 0 saturated heterocycles. The molecule has 21 heavy (non-hydrogen) atoms. The van der Waals surface area contributed by atoms with E-state index >= 15 is 0 Å². The van der Waals surface area contributed by atoms with E-state index in [2.05, 4.69) is 4.99 Å². The molecular formula is C16H10N2O2S. The minimum Gasteiger partial charge on any atom is -0.506 e. The van der Waals surface area contributed by atoms with E-state index in [4.69, 9.17) is 0 Å². The third-order valence-corrected chi connectivity index (χ3v) is 4.34. The number of carbonyl (C=O) groups excluding carboxylic acids is 1. The van der Waals surface area contributed by atoms with Crippen molar-refractivity contribution in [3.63, 3.8) is 0 Å². The topological polar surface area (TPSA) is 52.9 Å². The van der Waals surface area contributed by atoms with E-state index in [0.29, 0.717) is 16.6 Å². The minimum atomic E-state index is -0.207. The molecule has 0 unspecified atom stereocenters. The number of amidine groups is 1. The highest BCUT2D eigenvalue weighted by atomic mass is 32.2. The molecule has 0 spiro atoms. The van der Waals surface area contributed by atoms with Crippen LogP contribution in [-0.4, -0.2) is 16.2 Å². The van der Waals surface area contributed by atoms with Crippen molar-refractivity contribution in [2.75, 3.05) is 4.90 Å². The molecule has 0 aromatic heterocycles. The normalized spacial score (nSPS) is 17.9. The molecule has 4 rings (SSSR count). The number of carbonyl (C=O) groups is 1. The van der Waals surface area contributed by atoms with Crippen molar-refractivity contribution in [2.45, 2.75) is 4.90 Å². The predicted molar refractivity (Wildman–Crippen MR) is 83.3 cm³/mol. The maximum absolute atomic E-state index is 12.5. The van der Waals surface area contributed by atoms with Crippen molar-refractivity contribution in [2.24, 2.45) is 4.99 Å². The first-order valence-electron chi connectivity index (χ1n) is 6.44. The van der Waals surface area contributed by atoms with Crippen LogP contribution in [0.3, 0.4) is 0 Å². The number of nitrogens with zero attached hydrogens (tertiary/aromatic N) is 2. The molecule has 1 N–H and O–H groups in total. The number of thioether (sulfide) groups is 1. The first-order chi connectivity index (χ1) is 10.2. The van der Waals surface area contributed by atoms with Gasteiger partial charge in [0.2, 0.25) is 0 Å². The van der Waals surface area contributed by atoms with Crippen molar-refractivity contribution < 1.29 is 9.90 Å². The summed E-state index contributed by atoms with van der Waals surface area (Å²) in [5.74, 6) is -0.110. The molecule has 2 aromatic rings. The van der Waals surface area contributed by atoms with E-state index in [1.54, 1.807) is 18.2 Å². The third-order valence-electron chi connectivity index (χ3n) is 3.34. The van der Waals surface area contributed by atoms with Gasteiger partial charge in [-0.3, -0.25) is 4.79 Å². The number of fused-ring (bicyclic) bond motifs is 3. The third kappa shape index (κ3) is 1.86. The van der Waals surface area contributed by atoms with Gasteiger partial charge in [-0.05, 0) is 35.5 Å². The van der Waals surface area contributed by atoms with Gasteiger partial charge in [-0.25, -0.2) is 9.89 Å². The number of hydrogen-bond acceptors (Lipinski definition) is 4. The van der Waals surface area contributed by atoms with Crippen LogP contribution in [0.25, 0.3) is 6.08 Å². The van der Waals surface area contributed by atoms with Crippen LogP contribution in [0.2, 0.25) is 0 Å². The number of hydrogen-bond donors (Lipinski definition) is 1. The van der Waals surface area contributed by atoms with Crippen LogP contribution in [0.5, 0.6) is 5.75 Å². The molecular weight excluding hydrogens is 284 g/mol. The van der Waals surface area contributed by atoms with Gasteiger partial charge in [-0.2, -0.15) is 0 Å². The molecule has 0 fully saturated rings. The fourth-order valence-corrected chi connectivity index (χ4v) is 3.43. The fourth-order valence-electron chi connectivity index (χ4n) is 2.39. The van der Waals surface area contributed by atoms with Gasteiger partial charge in [0, 0.05) is 4.90 Å². The lowest BCUT2D eigenvalue weighted by atomic mass is 10.2. The Morgan fingerprint density at radius 2 is 1.90 bits per heavy atom. The number of amides is 1. The summed E-state index contributed by atoms with van der Waals surface area (Å²) in [6.45, 7) is 0. The van der Waals surface area contributed by atoms with E-state index in [1.807, 2.05) is 36.4 Å². The van der Waals surface area contributed by atoms with Crippen molar-refractivity contribution in [1.29, 1.82) is 0 Å². The first-order valence-corrected chi connectivity index (χ1v) is 7.25. The van der Waals surface area contributed by atoms with Crippen molar-refractivity contribution in [1.82, 2.24) is 0 Å². The average Bonchev–Trinajstić information content (AvgIpc) is 2.99. The van der Waals surface area contributed by atoms with Gasteiger partial charge in [0.15, 0.2) is 5.17 Å². The second kappa shape index (κ2) is 4.49. The summed E-state index contributed by atoms with van der Waals surface area (Å²) in [5.41, 5.74) is 1.84. The largest absolute Gasteiger partial charge is 0.506 e. The number of phenolic OH excluding ortho intramolecular Hbond substituents is 1. The number of aliphatic imine (C=N–C) groups is 1. The Labute approximate surface area is 125 Å². The highest BCUT2D eigenvalue weighted by molar-refractivity contribution is 8.15. The maximum Gasteiger partial charge on any atom is 0.283 e. The molecule has 0 bridgehead atoms. The highest BCUT2D eigenvalue weighted by Gasteiger charge is 2.40. The van der Waals surface area contributed by atoms with Crippen molar-refractivity contribution in [3.8, 4) is 5.75 Å². The smallest absolute Gasteiger partial charge is 0.283 e. The average molecular weight is 294 g/mol. The van der Waals surface area contributed by atoms with Crippen LogP contribution in [0.4, 0.5) is 5.69 Å². The lowest BCUT2D eigenvalue weighted by molar-refractivity contribution is -0.113. The summed E-state index contributed by atoms with van der Waals surface area (Å²) < 4.78 is 0. The molecule has 0 radical (unpaired) electrons. The van der Waals surface area contributed by atoms with E-state index in [1.165, 1.54) is 16.7 Å². The number of para-hydroxylation sites is 1. The molecule has 4 nitrogen and oxygen atoms in total. The van der Waals surface area contributed by atoms with Gasteiger partial charge in [-0.15, -0.1) is 0 Å². The van der Waals surface area contributed by atoms with Crippen LogP contribution in [0.15, 0.2) is 64.1 Å². The van der Waals surface area contributed by atoms with Gasteiger partial charge < -0.3 is 5.11 Å². The summed E-state index contributed by atoms with van der Waals surface area (Å²) >= 11 is 1.39. The van der Waals surface area contributed by atoms with E-state index < -0.39 is 0 Å². The van der Waals surface area contributed by atoms with Crippen LogP contribution in [0.1, 0.15) is 5.56 Å². The van der Waals surface area contributed by atoms with Crippen LogP contribution >= 0.6 is 11.8 Å². The zero-order valence-corrected chi connectivity index (χ0v) is 11.7. The van der Waals surface area contributed by atoms with Crippen LogP contribution < -0.4 is 4.90 Å².